The first-order chi connectivity index (χ1) is 9.78. The van der Waals surface area contributed by atoms with Gasteiger partial charge in [-0.1, -0.05) is 0 Å². The Morgan fingerprint density at radius 2 is 1.70 bits per heavy atom. The highest BCUT2D eigenvalue weighted by molar-refractivity contribution is 5.70. The first kappa shape index (κ1) is 13.1. The Hall–Kier alpha value is -0.570. The smallest absolute Gasteiger partial charge is 0.308 e. The van der Waals surface area contributed by atoms with E-state index in [-0.39, 0.29) is 12.3 Å². The second-order valence-corrected chi connectivity index (χ2v) is 7.58. The van der Waals surface area contributed by atoms with Crippen LogP contribution in [-0.4, -0.2) is 18.9 Å². The van der Waals surface area contributed by atoms with Gasteiger partial charge in [0.2, 0.25) is 6.29 Å². The molecule has 1 saturated heterocycles. The summed E-state index contributed by atoms with van der Waals surface area (Å²) in [6.45, 7) is 0.746. The van der Waals surface area contributed by atoms with Crippen LogP contribution in [0, 0.1) is 29.6 Å². The molecule has 0 amide bonds. The van der Waals surface area contributed by atoms with Crippen molar-refractivity contribution in [2.45, 2.75) is 64.1 Å². The summed E-state index contributed by atoms with van der Waals surface area (Å²) in [4.78, 5) is 12.2. The normalized spacial score (nSPS) is 46.4. The Bertz CT molecular complexity index is 344. The average Bonchev–Trinajstić information content (AvgIpc) is 2.43. The molecule has 0 N–H and O–H groups in total. The van der Waals surface area contributed by atoms with Gasteiger partial charge in [0.15, 0.2) is 0 Å². The van der Waals surface area contributed by atoms with Crippen molar-refractivity contribution in [1.82, 2.24) is 0 Å². The van der Waals surface area contributed by atoms with Gasteiger partial charge in [0.05, 0.1) is 6.61 Å². The van der Waals surface area contributed by atoms with Gasteiger partial charge < -0.3 is 9.47 Å². The first-order valence-corrected chi connectivity index (χ1v) is 8.59. The van der Waals surface area contributed by atoms with Crippen LogP contribution in [0.5, 0.6) is 0 Å². The standard InChI is InChI=1S/C17H26O3/c18-16(20-17-3-1-2-4-19-17)10-15-13-6-11-5-12(8-13)9-14(15)7-11/h11-15,17H,1-10H2. The molecule has 1 heterocycles. The predicted octanol–water partition coefficient (Wildman–Crippen LogP) is 3.52. The Balaban J connectivity index is 1.33. The van der Waals surface area contributed by atoms with Gasteiger partial charge in [-0.25, -0.2) is 0 Å². The van der Waals surface area contributed by atoms with E-state index in [0.717, 1.165) is 49.5 Å². The molecule has 0 aromatic heterocycles. The number of carbonyl (C=O) groups excluding carboxylic acids is 1. The van der Waals surface area contributed by atoms with Crippen molar-refractivity contribution in [2.24, 2.45) is 29.6 Å². The van der Waals surface area contributed by atoms with Gasteiger partial charge in [0.25, 0.3) is 0 Å². The van der Waals surface area contributed by atoms with Crippen LogP contribution >= 0.6 is 0 Å². The molecule has 4 saturated carbocycles. The van der Waals surface area contributed by atoms with Crippen molar-refractivity contribution in [3.8, 4) is 0 Å². The lowest BCUT2D eigenvalue weighted by molar-refractivity contribution is -0.190. The monoisotopic (exact) mass is 278 g/mol. The van der Waals surface area contributed by atoms with Crippen LogP contribution in [0.15, 0.2) is 0 Å². The molecule has 20 heavy (non-hydrogen) atoms. The van der Waals surface area contributed by atoms with E-state index in [1.807, 2.05) is 0 Å². The second-order valence-electron chi connectivity index (χ2n) is 7.58. The molecule has 4 aliphatic carbocycles. The van der Waals surface area contributed by atoms with Crippen LogP contribution in [0.25, 0.3) is 0 Å². The largest absolute Gasteiger partial charge is 0.436 e. The third kappa shape index (κ3) is 2.49. The highest BCUT2D eigenvalue weighted by Crippen LogP contribution is 2.57. The van der Waals surface area contributed by atoms with Crippen molar-refractivity contribution < 1.29 is 14.3 Å². The van der Waals surface area contributed by atoms with Crippen LogP contribution < -0.4 is 0 Å². The van der Waals surface area contributed by atoms with E-state index in [1.54, 1.807) is 0 Å². The summed E-state index contributed by atoms with van der Waals surface area (Å²) < 4.78 is 11.0. The summed E-state index contributed by atoms with van der Waals surface area (Å²) in [5, 5.41) is 0. The van der Waals surface area contributed by atoms with Crippen LogP contribution in [0.4, 0.5) is 0 Å². The number of hydrogen-bond acceptors (Lipinski definition) is 3. The molecule has 1 aliphatic heterocycles. The number of ether oxygens (including phenoxy) is 2. The zero-order valence-electron chi connectivity index (χ0n) is 12.3. The lowest BCUT2D eigenvalue weighted by Crippen LogP contribution is -2.46. The van der Waals surface area contributed by atoms with E-state index < -0.39 is 0 Å². The third-order valence-corrected chi connectivity index (χ3v) is 6.23. The average molecular weight is 278 g/mol. The quantitative estimate of drug-likeness (QED) is 0.741. The molecule has 112 valence electrons. The topological polar surface area (TPSA) is 35.5 Å². The summed E-state index contributed by atoms with van der Waals surface area (Å²) in [7, 11) is 0. The SMILES string of the molecule is O=C(CC1C2CC3CC(C2)CC1C3)OC1CCCCO1. The van der Waals surface area contributed by atoms with Crippen LogP contribution in [0.2, 0.25) is 0 Å². The van der Waals surface area contributed by atoms with Crippen molar-refractivity contribution in [3.63, 3.8) is 0 Å². The predicted molar refractivity (Wildman–Crippen MR) is 74.8 cm³/mol. The number of carbonyl (C=O) groups is 1. The van der Waals surface area contributed by atoms with Gasteiger partial charge in [-0.05, 0) is 74.5 Å². The molecule has 4 bridgehead atoms. The molecule has 0 aromatic rings. The maximum absolute atomic E-state index is 12.2. The molecule has 0 radical (unpaired) electrons. The van der Waals surface area contributed by atoms with Crippen molar-refractivity contribution >= 4 is 5.97 Å². The minimum Gasteiger partial charge on any atom is -0.436 e. The summed E-state index contributed by atoms with van der Waals surface area (Å²) in [5.41, 5.74) is 0. The molecule has 5 rings (SSSR count). The van der Waals surface area contributed by atoms with E-state index in [2.05, 4.69) is 0 Å². The minimum absolute atomic E-state index is 0.00521. The van der Waals surface area contributed by atoms with Crippen molar-refractivity contribution in [2.75, 3.05) is 6.61 Å². The molecule has 0 spiro atoms. The van der Waals surface area contributed by atoms with Gasteiger partial charge in [-0.2, -0.15) is 0 Å². The van der Waals surface area contributed by atoms with Gasteiger partial charge in [0, 0.05) is 12.8 Å². The number of esters is 1. The second kappa shape index (κ2) is 5.32. The molecule has 0 aromatic carbocycles. The molecular weight excluding hydrogens is 252 g/mol. The van der Waals surface area contributed by atoms with Gasteiger partial charge in [-0.15, -0.1) is 0 Å². The maximum Gasteiger partial charge on any atom is 0.308 e. The van der Waals surface area contributed by atoms with E-state index in [4.69, 9.17) is 9.47 Å². The van der Waals surface area contributed by atoms with E-state index in [0.29, 0.717) is 12.3 Å². The Kier molecular flexibility index (Phi) is 3.49. The van der Waals surface area contributed by atoms with E-state index >= 15 is 0 Å². The first-order valence-electron chi connectivity index (χ1n) is 8.59. The summed E-state index contributed by atoms with van der Waals surface area (Å²) in [6, 6.07) is 0. The molecule has 3 nitrogen and oxygen atoms in total. The Labute approximate surface area is 121 Å². The lowest BCUT2D eigenvalue weighted by atomic mass is 9.51. The van der Waals surface area contributed by atoms with Crippen molar-refractivity contribution in [3.05, 3.63) is 0 Å². The molecule has 5 aliphatic rings. The van der Waals surface area contributed by atoms with Gasteiger partial charge in [0.1, 0.15) is 0 Å². The van der Waals surface area contributed by atoms with Crippen molar-refractivity contribution in [1.29, 1.82) is 0 Å². The zero-order valence-corrected chi connectivity index (χ0v) is 12.3. The highest BCUT2D eigenvalue weighted by Gasteiger charge is 2.48. The molecule has 5 fully saturated rings. The van der Waals surface area contributed by atoms with E-state index in [9.17, 15) is 4.79 Å². The van der Waals surface area contributed by atoms with Gasteiger partial charge >= 0.3 is 5.97 Å². The Morgan fingerprint density at radius 3 is 2.30 bits per heavy atom. The fourth-order valence-electron chi connectivity index (χ4n) is 5.56. The van der Waals surface area contributed by atoms with E-state index in [1.165, 1.54) is 32.1 Å². The fourth-order valence-corrected chi connectivity index (χ4v) is 5.56. The summed E-state index contributed by atoms with van der Waals surface area (Å²) >= 11 is 0. The molecular formula is C17H26O3. The summed E-state index contributed by atoms with van der Waals surface area (Å²) in [6.07, 6.45) is 10.5. The number of hydrogen-bond donors (Lipinski definition) is 0. The lowest BCUT2D eigenvalue weighted by Gasteiger charge is -2.54. The van der Waals surface area contributed by atoms with Crippen LogP contribution in [0.1, 0.15) is 57.8 Å². The summed E-state index contributed by atoms with van der Waals surface area (Å²) in [5.74, 6) is 4.18. The minimum atomic E-state index is -0.256. The Morgan fingerprint density at radius 1 is 1.00 bits per heavy atom. The zero-order chi connectivity index (χ0) is 13.5. The molecule has 1 atom stereocenters. The van der Waals surface area contributed by atoms with Crippen LogP contribution in [0.3, 0.4) is 0 Å². The van der Waals surface area contributed by atoms with Gasteiger partial charge in [-0.3, -0.25) is 4.79 Å². The highest BCUT2D eigenvalue weighted by atomic mass is 16.7. The maximum atomic E-state index is 12.2. The molecule has 3 heteroatoms. The molecule has 1 unspecified atom stereocenters. The number of rotatable bonds is 3. The third-order valence-electron chi connectivity index (χ3n) is 6.23. The van der Waals surface area contributed by atoms with Crippen LogP contribution in [-0.2, 0) is 14.3 Å². The fraction of sp³-hybridized carbons (Fsp3) is 0.941.